The summed E-state index contributed by atoms with van der Waals surface area (Å²) in [6, 6.07) is 0. The summed E-state index contributed by atoms with van der Waals surface area (Å²) in [6.45, 7) is 2.39. The maximum Gasteiger partial charge on any atom is 0.407 e. The van der Waals surface area contributed by atoms with Gasteiger partial charge in [-0.15, -0.1) is 0 Å². The van der Waals surface area contributed by atoms with Crippen LogP contribution in [0.25, 0.3) is 0 Å². The smallest absolute Gasteiger partial charge is 0.407 e. The molecule has 2 N–H and O–H groups in total. The van der Waals surface area contributed by atoms with Crippen LogP contribution in [0.5, 0.6) is 0 Å². The molecule has 1 atom stereocenters. The standard InChI is InChI=1S/C21H32N2O10/c1-15(24)22-7-5-3-4-6-8-23-21(28)32-12-11-31-20(27)16-13-19(26)33-17(16)14-18(25)30-10-9-29-2/h13,17H,3-12,14H2,1-2H3,(H,22,24)(H,23,28). The first kappa shape index (κ1) is 27.9. The van der Waals surface area contributed by atoms with E-state index in [0.717, 1.165) is 31.8 Å². The van der Waals surface area contributed by atoms with Crippen molar-refractivity contribution >= 4 is 29.9 Å². The number of carbonyl (C=O) groups is 5. The average molecular weight is 472 g/mol. The van der Waals surface area contributed by atoms with Gasteiger partial charge in [0.2, 0.25) is 5.91 Å². The van der Waals surface area contributed by atoms with Gasteiger partial charge in [-0.1, -0.05) is 12.8 Å². The van der Waals surface area contributed by atoms with E-state index in [4.69, 9.17) is 23.7 Å². The fraction of sp³-hybridized carbons (Fsp3) is 0.667. The Bertz CT molecular complexity index is 707. The predicted octanol–water partition coefficient (Wildman–Crippen LogP) is 0.384. The van der Waals surface area contributed by atoms with Gasteiger partial charge in [-0.05, 0) is 12.8 Å². The largest absolute Gasteiger partial charge is 0.463 e. The van der Waals surface area contributed by atoms with Crippen LogP contribution in [0.1, 0.15) is 39.0 Å². The number of esters is 3. The molecule has 0 aliphatic carbocycles. The zero-order valence-corrected chi connectivity index (χ0v) is 19.0. The molecule has 0 aromatic heterocycles. The van der Waals surface area contributed by atoms with Gasteiger partial charge in [0.25, 0.3) is 0 Å². The lowest BCUT2D eigenvalue weighted by atomic mass is 10.1. The Hall–Kier alpha value is -3.15. The van der Waals surface area contributed by atoms with Crippen LogP contribution in [0.15, 0.2) is 11.6 Å². The maximum absolute atomic E-state index is 12.2. The number of carbonyl (C=O) groups excluding carboxylic acids is 5. The molecular formula is C21H32N2O10. The van der Waals surface area contributed by atoms with Crippen molar-refractivity contribution in [1.82, 2.24) is 10.6 Å². The molecular weight excluding hydrogens is 440 g/mol. The third-order valence-electron chi connectivity index (χ3n) is 4.31. The van der Waals surface area contributed by atoms with Crippen LogP contribution >= 0.6 is 0 Å². The number of unbranched alkanes of at least 4 members (excludes halogenated alkanes) is 3. The minimum Gasteiger partial charge on any atom is -0.463 e. The van der Waals surface area contributed by atoms with Crippen LogP contribution < -0.4 is 10.6 Å². The van der Waals surface area contributed by atoms with Crippen molar-refractivity contribution < 1.29 is 47.7 Å². The maximum atomic E-state index is 12.2. The topological polar surface area (TPSA) is 156 Å². The highest BCUT2D eigenvalue weighted by atomic mass is 16.6. The van der Waals surface area contributed by atoms with Gasteiger partial charge < -0.3 is 34.3 Å². The van der Waals surface area contributed by atoms with Gasteiger partial charge in [-0.3, -0.25) is 9.59 Å². The highest BCUT2D eigenvalue weighted by Crippen LogP contribution is 2.20. The fourth-order valence-electron chi connectivity index (χ4n) is 2.71. The number of nitrogens with one attached hydrogen (secondary N) is 2. The molecule has 0 spiro atoms. The number of rotatable bonds is 16. The molecule has 1 aliphatic rings. The molecule has 1 heterocycles. The third kappa shape index (κ3) is 13.1. The van der Waals surface area contributed by atoms with Gasteiger partial charge in [0, 0.05) is 33.2 Å². The summed E-state index contributed by atoms with van der Waals surface area (Å²) < 4.78 is 24.5. The summed E-state index contributed by atoms with van der Waals surface area (Å²) in [5, 5.41) is 5.30. The van der Waals surface area contributed by atoms with E-state index in [1.54, 1.807) is 0 Å². The average Bonchev–Trinajstić information content (AvgIpc) is 3.12. The lowest BCUT2D eigenvalue weighted by molar-refractivity contribution is -0.150. The molecule has 0 saturated carbocycles. The minimum atomic E-state index is -1.09. The second-order valence-corrected chi connectivity index (χ2v) is 7.04. The number of methoxy groups -OCH3 is 1. The van der Waals surface area contributed by atoms with E-state index in [0.29, 0.717) is 13.1 Å². The van der Waals surface area contributed by atoms with Crippen LogP contribution in [0.3, 0.4) is 0 Å². The Morgan fingerprint density at radius 3 is 2.21 bits per heavy atom. The molecule has 12 heteroatoms. The highest BCUT2D eigenvalue weighted by Gasteiger charge is 2.34. The molecule has 0 fully saturated rings. The number of amides is 2. The normalized spacial score (nSPS) is 14.7. The summed E-state index contributed by atoms with van der Waals surface area (Å²) in [5.41, 5.74) is -0.105. The molecule has 0 saturated heterocycles. The third-order valence-corrected chi connectivity index (χ3v) is 4.31. The molecule has 2 amide bonds. The van der Waals surface area contributed by atoms with Crippen molar-refractivity contribution in [3.05, 3.63) is 11.6 Å². The lowest BCUT2D eigenvalue weighted by Crippen LogP contribution is -2.28. The molecule has 1 rings (SSSR count). The number of hydrogen-bond donors (Lipinski definition) is 2. The van der Waals surface area contributed by atoms with Gasteiger partial charge in [0.1, 0.15) is 25.9 Å². The van der Waals surface area contributed by atoms with Crippen LogP contribution in [0, 0.1) is 0 Å². The first-order chi connectivity index (χ1) is 15.8. The van der Waals surface area contributed by atoms with Crippen molar-refractivity contribution in [1.29, 1.82) is 0 Å². The van der Waals surface area contributed by atoms with Crippen LogP contribution in [0.4, 0.5) is 4.79 Å². The van der Waals surface area contributed by atoms with Crippen LogP contribution in [-0.4, -0.2) is 82.6 Å². The Labute approximate surface area is 192 Å². The molecule has 1 aliphatic heterocycles. The number of cyclic esters (lactones) is 1. The fourth-order valence-corrected chi connectivity index (χ4v) is 2.71. The predicted molar refractivity (Wildman–Crippen MR) is 113 cm³/mol. The Kier molecular flexibility index (Phi) is 13.9. The van der Waals surface area contributed by atoms with Crippen molar-refractivity contribution in [3.63, 3.8) is 0 Å². The Morgan fingerprint density at radius 1 is 0.909 bits per heavy atom. The van der Waals surface area contributed by atoms with Crippen molar-refractivity contribution in [2.45, 2.75) is 45.1 Å². The van der Waals surface area contributed by atoms with Crippen LogP contribution in [-0.2, 0) is 42.9 Å². The SMILES string of the molecule is COCCOC(=O)CC1OC(=O)C=C1C(=O)OCCOC(=O)NCCCCCCNC(C)=O. The van der Waals surface area contributed by atoms with E-state index < -0.39 is 30.1 Å². The molecule has 33 heavy (non-hydrogen) atoms. The van der Waals surface area contributed by atoms with E-state index in [1.807, 2.05) is 0 Å². The van der Waals surface area contributed by atoms with Gasteiger partial charge in [0.15, 0.2) is 0 Å². The number of alkyl carbamates (subject to hydrolysis) is 1. The number of hydrogen-bond acceptors (Lipinski definition) is 10. The summed E-state index contributed by atoms with van der Waals surface area (Å²) >= 11 is 0. The van der Waals surface area contributed by atoms with Crippen molar-refractivity contribution in [2.24, 2.45) is 0 Å². The van der Waals surface area contributed by atoms with Crippen molar-refractivity contribution in [2.75, 3.05) is 46.6 Å². The van der Waals surface area contributed by atoms with E-state index in [-0.39, 0.29) is 44.3 Å². The summed E-state index contributed by atoms with van der Waals surface area (Å²) in [4.78, 5) is 57.8. The molecule has 0 radical (unpaired) electrons. The highest BCUT2D eigenvalue weighted by molar-refractivity contribution is 6.01. The quantitative estimate of drug-likeness (QED) is 0.183. The van der Waals surface area contributed by atoms with E-state index in [1.165, 1.54) is 14.0 Å². The molecule has 0 aromatic rings. The molecule has 0 bridgehead atoms. The van der Waals surface area contributed by atoms with Crippen molar-refractivity contribution in [3.8, 4) is 0 Å². The minimum absolute atomic E-state index is 0.0392. The molecule has 0 aromatic carbocycles. The summed E-state index contributed by atoms with van der Waals surface area (Å²) in [6.07, 6.45) is 2.36. The second kappa shape index (κ2) is 16.5. The Balaban J connectivity index is 2.16. The zero-order chi connectivity index (χ0) is 24.5. The first-order valence-corrected chi connectivity index (χ1v) is 10.7. The summed E-state index contributed by atoms with van der Waals surface area (Å²) in [7, 11) is 1.46. The summed E-state index contributed by atoms with van der Waals surface area (Å²) in [5.74, 6) is -2.32. The van der Waals surface area contributed by atoms with Gasteiger partial charge in [-0.25, -0.2) is 14.4 Å². The van der Waals surface area contributed by atoms with Gasteiger partial charge in [0.05, 0.1) is 18.6 Å². The lowest BCUT2D eigenvalue weighted by Gasteiger charge is -2.13. The molecule has 1 unspecified atom stereocenters. The van der Waals surface area contributed by atoms with E-state index in [2.05, 4.69) is 10.6 Å². The molecule has 186 valence electrons. The second-order valence-electron chi connectivity index (χ2n) is 7.04. The van der Waals surface area contributed by atoms with Gasteiger partial charge in [-0.2, -0.15) is 0 Å². The first-order valence-electron chi connectivity index (χ1n) is 10.7. The monoisotopic (exact) mass is 472 g/mol. The number of ether oxygens (including phenoxy) is 5. The Morgan fingerprint density at radius 2 is 1.55 bits per heavy atom. The van der Waals surface area contributed by atoms with E-state index >= 15 is 0 Å². The zero-order valence-electron chi connectivity index (χ0n) is 19.0. The van der Waals surface area contributed by atoms with Crippen LogP contribution in [0.2, 0.25) is 0 Å². The van der Waals surface area contributed by atoms with Gasteiger partial charge >= 0.3 is 24.0 Å². The van der Waals surface area contributed by atoms with E-state index in [9.17, 15) is 24.0 Å². The molecule has 12 nitrogen and oxygen atoms in total.